The molecule has 0 saturated carbocycles. The van der Waals surface area contributed by atoms with Crippen molar-refractivity contribution in [3.63, 3.8) is 0 Å². The van der Waals surface area contributed by atoms with Crippen LogP contribution in [-0.4, -0.2) is 11.7 Å². The number of rotatable bonds is 5. The first kappa shape index (κ1) is 24.5. The number of carbonyl (C=O) groups is 2. The molecule has 0 aromatic heterocycles. The number of allylic oxidation sites excluding steroid dienone is 3. The normalized spacial score (nSPS) is 18.7. The number of hydrogen-bond donors (Lipinski definition) is 2. The molecule has 0 bridgehead atoms. The van der Waals surface area contributed by atoms with Crippen LogP contribution >= 0.6 is 0 Å². The molecule has 1 atom stereocenters. The summed E-state index contributed by atoms with van der Waals surface area (Å²) in [5, 5.41) is 6.18. The van der Waals surface area contributed by atoms with Crippen LogP contribution in [0.15, 0.2) is 101 Å². The fourth-order valence-electron chi connectivity index (χ4n) is 5.22. The van der Waals surface area contributed by atoms with Crippen molar-refractivity contribution >= 4 is 17.4 Å². The lowest BCUT2D eigenvalue weighted by Gasteiger charge is -2.39. The van der Waals surface area contributed by atoms with Gasteiger partial charge in [-0.1, -0.05) is 50.2 Å². The Kier molecular flexibility index (Phi) is 6.42. The van der Waals surface area contributed by atoms with Crippen molar-refractivity contribution in [1.82, 2.24) is 5.32 Å². The second kappa shape index (κ2) is 9.69. The lowest BCUT2D eigenvalue weighted by molar-refractivity contribution is -0.118. The minimum atomic E-state index is -0.590. The molecule has 2 N–H and O–H groups in total. The third kappa shape index (κ3) is 5.19. The van der Waals surface area contributed by atoms with Crippen LogP contribution in [0.2, 0.25) is 0 Å². The van der Waals surface area contributed by atoms with E-state index >= 15 is 0 Å². The molecular weight excluding hydrogens is 467 g/mol. The summed E-state index contributed by atoms with van der Waals surface area (Å²) in [5.41, 5.74) is 3.48. The Hall–Kier alpha value is -4.19. The summed E-state index contributed by atoms with van der Waals surface area (Å²) in [6, 6.07) is 22.7. The quantitative estimate of drug-likeness (QED) is 0.405. The van der Waals surface area contributed by atoms with Gasteiger partial charge in [-0.25, -0.2) is 4.39 Å². The summed E-state index contributed by atoms with van der Waals surface area (Å²) >= 11 is 0. The van der Waals surface area contributed by atoms with Gasteiger partial charge in [-0.15, -0.1) is 0 Å². The van der Waals surface area contributed by atoms with E-state index in [9.17, 15) is 14.0 Å². The van der Waals surface area contributed by atoms with Gasteiger partial charge >= 0.3 is 0 Å². The number of halogens is 1. The number of nitrogens with one attached hydrogen (secondary N) is 2. The number of amides is 1. The van der Waals surface area contributed by atoms with Gasteiger partial charge in [0.15, 0.2) is 5.78 Å². The number of dihydropyridines is 1. The van der Waals surface area contributed by atoms with Crippen LogP contribution in [-0.2, 0) is 9.59 Å². The summed E-state index contributed by atoms with van der Waals surface area (Å²) < 4.78 is 19.9. The van der Waals surface area contributed by atoms with Crippen molar-refractivity contribution in [2.24, 2.45) is 5.41 Å². The lowest BCUT2D eigenvalue weighted by Crippen LogP contribution is -2.39. The molecule has 0 fully saturated rings. The molecule has 1 aliphatic heterocycles. The molecule has 37 heavy (non-hydrogen) atoms. The molecule has 1 heterocycles. The summed E-state index contributed by atoms with van der Waals surface area (Å²) in [5.74, 6) is -0.109. The third-order valence-electron chi connectivity index (χ3n) is 6.74. The number of anilines is 1. The lowest BCUT2D eigenvalue weighted by atomic mass is 9.68. The summed E-state index contributed by atoms with van der Waals surface area (Å²) in [4.78, 5) is 27.2. The average molecular weight is 497 g/mol. The number of Topliss-reactive ketones (excluding diaryl/α,β-unsaturated/α-hetero) is 1. The molecule has 0 radical (unpaired) electrons. The first-order valence-electron chi connectivity index (χ1n) is 12.3. The van der Waals surface area contributed by atoms with Gasteiger partial charge in [0.05, 0.1) is 0 Å². The summed E-state index contributed by atoms with van der Waals surface area (Å²) in [7, 11) is 0. The maximum absolute atomic E-state index is 13.8. The standard InChI is InChI=1S/C31H29FN2O3/c1-19-27(30(36)34-22-11-8-10-21(32)16-22)28(29-25(33-19)17-31(2,3)18-26(29)35)20-9-7-14-24(15-20)37-23-12-5-4-6-13-23/h4-16,28,33H,17-18H2,1-3H3,(H,34,36). The molecule has 1 unspecified atom stereocenters. The number of ether oxygens (including phenoxy) is 1. The van der Waals surface area contributed by atoms with Crippen molar-refractivity contribution in [3.8, 4) is 11.5 Å². The van der Waals surface area contributed by atoms with E-state index in [2.05, 4.69) is 24.5 Å². The predicted octanol–water partition coefficient (Wildman–Crippen LogP) is 6.86. The highest BCUT2D eigenvalue weighted by Gasteiger charge is 2.42. The van der Waals surface area contributed by atoms with Crippen LogP contribution in [0.3, 0.4) is 0 Å². The Balaban J connectivity index is 1.58. The van der Waals surface area contributed by atoms with E-state index in [1.165, 1.54) is 12.1 Å². The zero-order valence-electron chi connectivity index (χ0n) is 21.1. The largest absolute Gasteiger partial charge is 0.457 e. The van der Waals surface area contributed by atoms with E-state index in [0.717, 1.165) is 11.3 Å². The highest BCUT2D eigenvalue weighted by Crippen LogP contribution is 2.47. The maximum Gasteiger partial charge on any atom is 0.254 e. The fraction of sp³-hybridized carbons (Fsp3) is 0.226. The van der Waals surface area contributed by atoms with E-state index in [1.807, 2.05) is 61.5 Å². The van der Waals surface area contributed by atoms with E-state index in [4.69, 9.17) is 4.74 Å². The molecular formula is C31H29FN2O3. The number of para-hydroxylation sites is 1. The maximum atomic E-state index is 13.8. The molecule has 3 aromatic carbocycles. The minimum Gasteiger partial charge on any atom is -0.457 e. The van der Waals surface area contributed by atoms with E-state index in [1.54, 1.807) is 12.1 Å². The molecule has 1 amide bonds. The van der Waals surface area contributed by atoms with E-state index in [-0.39, 0.29) is 17.1 Å². The molecule has 2 aliphatic rings. The Labute approximate surface area is 216 Å². The molecule has 5 rings (SSSR count). The molecule has 6 heteroatoms. The van der Waals surface area contributed by atoms with Gasteiger partial charge in [0, 0.05) is 40.6 Å². The van der Waals surface area contributed by atoms with E-state index in [0.29, 0.717) is 46.9 Å². The fourth-order valence-corrected chi connectivity index (χ4v) is 5.22. The highest BCUT2D eigenvalue weighted by molar-refractivity contribution is 6.10. The molecule has 0 spiro atoms. The van der Waals surface area contributed by atoms with Gasteiger partial charge in [-0.3, -0.25) is 9.59 Å². The Morgan fingerprint density at radius 3 is 2.46 bits per heavy atom. The van der Waals surface area contributed by atoms with Crippen molar-refractivity contribution in [2.75, 3.05) is 5.32 Å². The highest BCUT2D eigenvalue weighted by atomic mass is 19.1. The zero-order valence-corrected chi connectivity index (χ0v) is 21.1. The predicted molar refractivity (Wildman–Crippen MR) is 142 cm³/mol. The number of benzene rings is 3. The molecule has 3 aromatic rings. The van der Waals surface area contributed by atoms with Gasteiger partial charge in [-0.2, -0.15) is 0 Å². The van der Waals surface area contributed by atoms with Crippen molar-refractivity contribution in [1.29, 1.82) is 0 Å². The van der Waals surface area contributed by atoms with Crippen LogP contribution in [0.25, 0.3) is 0 Å². The SMILES string of the molecule is CC1=C(C(=O)Nc2cccc(F)c2)C(c2cccc(Oc3ccccc3)c2)C2=C(CC(C)(C)CC2=O)N1. The van der Waals surface area contributed by atoms with Crippen LogP contribution in [0.4, 0.5) is 10.1 Å². The monoisotopic (exact) mass is 496 g/mol. The second-order valence-electron chi connectivity index (χ2n) is 10.4. The summed E-state index contributed by atoms with van der Waals surface area (Å²) in [6.07, 6.45) is 1.09. The Bertz CT molecular complexity index is 1440. The van der Waals surface area contributed by atoms with Crippen LogP contribution in [0.5, 0.6) is 11.5 Å². The van der Waals surface area contributed by atoms with Gasteiger partial charge < -0.3 is 15.4 Å². The number of ketones is 1. The van der Waals surface area contributed by atoms with Gasteiger partial charge in [0.1, 0.15) is 17.3 Å². The molecule has 5 nitrogen and oxygen atoms in total. The first-order chi connectivity index (χ1) is 17.7. The average Bonchev–Trinajstić information content (AvgIpc) is 2.83. The van der Waals surface area contributed by atoms with Crippen molar-refractivity contribution < 1.29 is 18.7 Å². The van der Waals surface area contributed by atoms with Crippen molar-refractivity contribution in [2.45, 2.75) is 39.5 Å². The third-order valence-corrected chi connectivity index (χ3v) is 6.74. The zero-order chi connectivity index (χ0) is 26.2. The van der Waals surface area contributed by atoms with Crippen molar-refractivity contribution in [3.05, 3.63) is 113 Å². The van der Waals surface area contributed by atoms with Crippen LogP contribution in [0, 0.1) is 11.2 Å². The van der Waals surface area contributed by atoms with E-state index < -0.39 is 11.7 Å². The number of carbonyl (C=O) groups excluding carboxylic acids is 2. The van der Waals surface area contributed by atoms with Gasteiger partial charge in [0.2, 0.25) is 0 Å². The van der Waals surface area contributed by atoms with Gasteiger partial charge in [0.25, 0.3) is 5.91 Å². The smallest absolute Gasteiger partial charge is 0.254 e. The second-order valence-corrected chi connectivity index (χ2v) is 10.4. The van der Waals surface area contributed by atoms with Crippen LogP contribution in [0.1, 0.15) is 45.1 Å². The molecule has 1 aliphatic carbocycles. The minimum absolute atomic E-state index is 0.0155. The first-order valence-corrected chi connectivity index (χ1v) is 12.3. The Morgan fingerprint density at radius 1 is 0.973 bits per heavy atom. The topological polar surface area (TPSA) is 67.4 Å². The molecule has 188 valence electrons. The summed E-state index contributed by atoms with van der Waals surface area (Å²) in [6.45, 7) is 5.99. The number of hydrogen-bond acceptors (Lipinski definition) is 4. The Morgan fingerprint density at radius 2 is 1.70 bits per heavy atom. The van der Waals surface area contributed by atoms with Gasteiger partial charge in [-0.05, 0) is 66.8 Å². The van der Waals surface area contributed by atoms with Crippen LogP contribution < -0.4 is 15.4 Å². The molecule has 0 saturated heterocycles.